The molecule has 1 saturated heterocycles. The average molecular weight is 386 g/mol. The van der Waals surface area contributed by atoms with Gasteiger partial charge in [-0.3, -0.25) is 4.79 Å². The number of rotatable bonds is 7. The van der Waals surface area contributed by atoms with E-state index >= 15 is 0 Å². The van der Waals surface area contributed by atoms with E-state index in [-0.39, 0.29) is 17.9 Å². The van der Waals surface area contributed by atoms with Crippen molar-refractivity contribution in [1.29, 1.82) is 0 Å². The molecule has 2 aromatic rings. The molecule has 1 aromatic carbocycles. The fourth-order valence-electron chi connectivity index (χ4n) is 3.75. The number of benzene rings is 1. The predicted molar refractivity (Wildman–Crippen MR) is 109 cm³/mol. The van der Waals surface area contributed by atoms with Crippen molar-refractivity contribution in [1.82, 2.24) is 25.6 Å². The maximum Gasteiger partial charge on any atom is 0.273 e. The number of methoxy groups -OCH3 is 1. The minimum Gasteiger partial charge on any atom is -0.496 e. The van der Waals surface area contributed by atoms with Crippen LogP contribution in [0.3, 0.4) is 0 Å². The van der Waals surface area contributed by atoms with Gasteiger partial charge in [0.25, 0.3) is 5.91 Å². The standard InChI is InChI=1S/C21H31N5O2/c1-14(2)18(13-16-7-5-6-8-19(16)28-4)23-21(27)20-15(3)26(25-24-20)17-9-11-22-12-10-17/h5-8,14,17-18,22H,9-13H2,1-4H3,(H,23,27). The molecule has 0 bridgehead atoms. The third-order valence-corrected chi connectivity index (χ3v) is 5.55. The lowest BCUT2D eigenvalue weighted by Crippen LogP contribution is -2.40. The van der Waals surface area contributed by atoms with Crippen molar-refractivity contribution in [2.24, 2.45) is 5.92 Å². The summed E-state index contributed by atoms with van der Waals surface area (Å²) in [6, 6.07) is 8.22. The van der Waals surface area contributed by atoms with Crippen molar-refractivity contribution >= 4 is 5.91 Å². The molecule has 0 spiro atoms. The van der Waals surface area contributed by atoms with E-state index in [0.717, 1.165) is 42.9 Å². The Hall–Kier alpha value is -2.41. The Balaban J connectivity index is 1.73. The summed E-state index contributed by atoms with van der Waals surface area (Å²) < 4.78 is 7.38. The molecule has 0 saturated carbocycles. The number of ether oxygens (including phenoxy) is 1. The van der Waals surface area contributed by atoms with Gasteiger partial charge in [-0.25, -0.2) is 4.68 Å². The van der Waals surface area contributed by atoms with Crippen LogP contribution >= 0.6 is 0 Å². The van der Waals surface area contributed by atoms with Crippen LogP contribution in [0.1, 0.15) is 54.5 Å². The van der Waals surface area contributed by atoms with Crippen LogP contribution in [0.5, 0.6) is 5.75 Å². The number of amides is 1. The lowest BCUT2D eigenvalue weighted by Gasteiger charge is -2.24. The van der Waals surface area contributed by atoms with Gasteiger partial charge in [0, 0.05) is 6.04 Å². The molecule has 1 atom stereocenters. The highest BCUT2D eigenvalue weighted by Crippen LogP contribution is 2.22. The van der Waals surface area contributed by atoms with Crippen LogP contribution in [0.4, 0.5) is 0 Å². The van der Waals surface area contributed by atoms with Crippen molar-refractivity contribution in [2.45, 2.75) is 52.1 Å². The molecule has 1 aliphatic rings. The summed E-state index contributed by atoms with van der Waals surface area (Å²) in [4.78, 5) is 13.0. The van der Waals surface area contributed by atoms with E-state index in [1.807, 2.05) is 35.9 Å². The van der Waals surface area contributed by atoms with Crippen LogP contribution < -0.4 is 15.4 Å². The Labute approximate surface area is 166 Å². The first-order valence-electron chi connectivity index (χ1n) is 10.1. The van der Waals surface area contributed by atoms with Crippen molar-refractivity contribution in [2.75, 3.05) is 20.2 Å². The van der Waals surface area contributed by atoms with E-state index in [1.54, 1.807) is 7.11 Å². The fourth-order valence-corrected chi connectivity index (χ4v) is 3.75. The Morgan fingerprint density at radius 2 is 2.04 bits per heavy atom. The molecule has 7 heteroatoms. The van der Waals surface area contributed by atoms with E-state index in [9.17, 15) is 4.79 Å². The monoisotopic (exact) mass is 385 g/mol. The Morgan fingerprint density at radius 1 is 1.32 bits per heavy atom. The van der Waals surface area contributed by atoms with E-state index in [4.69, 9.17) is 4.74 Å². The van der Waals surface area contributed by atoms with Gasteiger partial charge < -0.3 is 15.4 Å². The first kappa shape index (κ1) is 20.3. The highest BCUT2D eigenvalue weighted by molar-refractivity contribution is 5.93. The fraction of sp³-hybridized carbons (Fsp3) is 0.571. The number of hydrogen-bond acceptors (Lipinski definition) is 5. The molecule has 1 fully saturated rings. The van der Waals surface area contributed by atoms with Crippen molar-refractivity contribution < 1.29 is 9.53 Å². The minimum absolute atomic E-state index is 0.0211. The number of nitrogens with zero attached hydrogens (tertiary/aromatic N) is 3. The van der Waals surface area contributed by atoms with E-state index in [1.165, 1.54) is 0 Å². The molecule has 1 amide bonds. The number of aromatic nitrogens is 3. The zero-order chi connectivity index (χ0) is 20.1. The number of carbonyl (C=O) groups excluding carboxylic acids is 1. The van der Waals surface area contributed by atoms with Crippen LogP contribution in [-0.2, 0) is 6.42 Å². The summed E-state index contributed by atoms with van der Waals surface area (Å²) in [5.74, 6) is 0.954. The van der Waals surface area contributed by atoms with Crippen LogP contribution in [0.15, 0.2) is 24.3 Å². The van der Waals surface area contributed by atoms with Crippen LogP contribution in [0.25, 0.3) is 0 Å². The molecule has 1 unspecified atom stereocenters. The number of nitrogens with one attached hydrogen (secondary N) is 2. The second-order valence-corrected chi connectivity index (χ2v) is 7.79. The van der Waals surface area contributed by atoms with Gasteiger partial charge >= 0.3 is 0 Å². The van der Waals surface area contributed by atoms with Gasteiger partial charge in [-0.15, -0.1) is 5.10 Å². The molecule has 1 aliphatic heterocycles. The second kappa shape index (κ2) is 9.19. The highest BCUT2D eigenvalue weighted by Gasteiger charge is 2.25. The smallest absolute Gasteiger partial charge is 0.273 e. The van der Waals surface area contributed by atoms with E-state index in [2.05, 4.69) is 34.8 Å². The minimum atomic E-state index is -0.161. The lowest BCUT2D eigenvalue weighted by molar-refractivity contribution is 0.0919. The normalized spacial score (nSPS) is 16.2. The van der Waals surface area contributed by atoms with Crippen molar-refractivity contribution in [3.8, 4) is 5.75 Å². The maximum atomic E-state index is 13.0. The van der Waals surface area contributed by atoms with Crippen molar-refractivity contribution in [3.05, 3.63) is 41.2 Å². The topological polar surface area (TPSA) is 81.1 Å². The third-order valence-electron chi connectivity index (χ3n) is 5.55. The summed E-state index contributed by atoms with van der Waals surface area (Å²) in [5.41, 5.74) is 2.34. The number of carbonyl (C=O) groups is 1. The summed E-state index contributed by atoms with van der Waals surface area (Å²) in [5, 5.41) is 15.0. The lowest BCUT2D eigenvalue weighted by atomic mass is 9.95. The molecular weight excluding hydrogens is 354 g/mol. The average Bonchev–Trinajstić information content (AvgIpc) is 3.09. The van der Waals surface area contributed by atoms with Gasteiger partial charge in [-0.05, 0) is 56.8 Å². The zero-order valence-corrected chi connectivity index (χ0v) is 17.2. The third kappa shape index (κ3) is 4.52. The summed E-state index contributed by atoms with van der Waals surface area (Å²) >= 11 is 0. The summed E-state index contributed by atoms with van der Waals surface area (Å²) in [6.45, 7) is 8.10. The molecular formula is C21H31N5O2. The number of para-hydroxylation sites is 1. The van der Waals surface area contributed by atoms with Crippen LogP contribution in [0, 0.1) is 12.8 Å². The van der Waals surface area contributed by atoms with E-state index in [0.29, 0.717) is 18.2 Å². The second-order valence-electron chi connectivity index (χ2n) is 7.79. The zero-order valence-electron chi connectivity index (χ0n) is 17.2. The van der Waals surface area contributed by atoms with Crippen molar-refractivity contribution in [3.63, 3.8) is 0 Å². The molecule has 3 rings (SSSR count). The molecule has 1 aromatic heterocycles. The van der Waals surface area contributed by atoms with Gasteiger partial charge in [0.1, 0.15) is 5.75 Å². The van der Waals surface area contributed by atoms with E-state index < -0.39 is 0 Å². The largest absolute Gasteiger partial charge is 0.496 e. The molecule has 152 valence electrons. The first-order chi connectivity index (χ1) is 13.5. The molecule has 28 heavy (non-hydrogen) atoms. The van der Waals surface area contributed by atoms with Crippen LogP contribution in [-0.4, -0.2) is 47.1 Å². The Kier molecular flexibility index (Phi) is 6.67. The Morgan fingerprint density at radius 3 is 2.71 bits per heavy atom. The quantitative estimate of drug-likeness (QED) is 0.765. The summed E-state index contributed by atoms with van der Waals surface area (Å²) in [6.07, 6.45) is 2.72. The first-order valence-corrected chi connectivity index (χ1v) is 10.1. The predicted octanol–water partition coefficient (Wildman–Crippen LogP) is 2.52. The van der Waals surface area contributed by atoms with Crippen LogP contribution in [0.2, 0.25) is 0 Å². The number of hydrogen-bond donors (Lipinski definition) is 2. The molecule has 7 nitrogen and oxygen atoms in total. The van der Waals surface area contributed by atoms with Gasteiger partial charge in [-0.2, -0.15) is 0 Å². The highest BCUT2D eigenvalue weighted by atomic mass is 16.5. The maximum absolute atomic E-state index is 13.0. The SMILES string of the molecule is COc1ccccc1CC(NC(=O)c1nnn(C2CCNCC2)c1C)C(C)C. The molecule has 2 heterocycles. The summed E-state index contributed by atoms with van der Waals surface area (Å²) in [7, 11) is 1.67. The molecule has 0 radical (unpaired) electrons. The Bertz CT molecular complexity index is 796. The number of piperidine rings is 1. The molecule has 2 N–H and O–H groups in total. The van der Waals surface area contributed by atoms with Gasteiger partial charge in [0.2, 0.25) is 0 Å². The van der Waals surface area contributed by atoms with Gasteiger partial charge in [0.05, 0.1) is 18.8 Å². The molecule has 0 aliphatic carbocycles. The van der Waals surface area contributed by atoms with Gasteiger partial charge in [-0.1, -0.05) is 37.3 Å². The van der Waals surface area contributed by atoms with Gasteiger partial charge in [0.15, 0.2) is 5.69 Å².